The van der Waals surface area contributed by atoms with Crippen LogP contribution in [0.5, 0.6) is 0 Å². The summed E-state index contributed by atoms with van der Waals surface area (Å²) in [7, 11) is 3.32. The lowest BCUT2D eigenvalue weighted by Gasteiger charge is -2.16. The van der Waals surface area contributed by atoms with E-state index in [1.807, 2.05) is 41.0 Å². The number of nitrogens with zero attached hydrogens (tertiary/aromatic N) is 4. The number of hydrogen-bond acceptors (Lipinski definition) is 4. The first kappa shape index (κ1) is 18.3. The molecule has 0 radical (unpaired) electrons. The Kier molecular flexibility index (Phi) is 4.90. The van der Waals surface area contributed by atoms with Crippen LogP contribution in [0.3, 0.4) is 0 Å². The van der Waals surface area contributed by atoms with Crippen LogP contribution in [-0.4, -0.2) is 51.2 Å². The van der Waals surface area contributed by atoms with Gasteiger partial charge in [0.2, 0.25) is 0 Å². The third-order valence-electron chi connectivity index (χ3n) is 5.46. The van der Waals surface area contributed by atoms with E-state index in [0.717, 1.165) is 37.1 Å². The van der Waals surface area contributed by atoms with E-state index in [-0.39, 0.29) is 11.9 Å². The van der Waals surface area contributed by atoms with Gasteiger partial charge in [-0.05, 0) is 29.9 Å². The van der Waals surface area contributed by atoms with Crippen LogP contribution in [0.1, 0.15) is 27.9 Å². The highest BCUT2D eigenvalue weighted by molar-refractivity contribution is 6.00. The Hall–Kier alpha value is -3.09. The Balaban J connectivity index is 1.38. The number of esters is 1. The number of benzene rings is 1. The first-order valence-electron chi connectivity index (χ1n) is 9.47. The average molecular weight is 380 g/mol. The molecule has 1 atom stereocenters. The van der Waals surface area contributed by atoms with Crippen molar-refractivity contribution >= 4 is 17.5 Å². The van der Waals surface area contributed by atoms with Gasteiger partial charge in [-0.25, -0.2) is 4.52 Å². The minimum atomic E-state index is -0.231. The van der Waals surface area contributed by atoms with E-state index in [2.05, 4.69) is 17.2 Å². The summed E-state index contributed by atoms with van der Waals surface area (Å²) in [6, 6.07) is 8.08. The number of amides is 1. The zero-order valence-corrected chi connectivity index (χ0v) is 16.2. The molecule has 1 unspecified atom stereocenters. The number of aryl methyl sites for hydroxylation is 1. The molecule has 146 valence electrons. The van der Waals surface area contributed by atoms with Gasteiger partial charge in [0, 0.05) is 32.5 Å². The number of carbonyl (C=O) groups is 2. The van der Waals surface area contributed by atoms with Crippen LogP contribution in [-0.2, 0) is 29.4 Å². The molecule has 1 amide bonds. The van der Waals surface area contributed by atoms with Gasteiger partial charge < -0.3 is 14.2 Å². The Morgan fingerprint density at radius 2 is 1.93 bits per heavy atom. The predicted octanol–water partition coefficient (Wildman–Crippen LogP) is 2.09. The molecule has 7 nitrogen and oxygen atoms in total. The molecule has 0 N–H and O–H groups in total. The van der Waals surface area contributed by atoms with E-state index in [4.69, 9.17) is 4.74 Å². The predicted molar refractivity (Wildman–Crippen MR) is 104 cm³/mol. The van der Waals surface area contributed by atoms with Gasteiger partial charge in [-0.3, -0.25) is 9.59 Å². The first-order valence-corrected chi connectivity index (χ1v) is 9.47. The third-order valence-corrected chi connectivity index (χ3v) is 5.46. The van der Waals surface area contributed by atoms with Crippen LogP contribution in [0.15, 0.2) is 42.9 Å². The van der Waals surface area contributed by atoms with Gasteiger partial charge in [0.15, 0.2) is 0 Å². The summed E-state index contributed by atoms with van der Waals surface area (Å²) < 4.78 is 8.36. The van der Waals surface area contributed by atoms with Gasteiger partial charge in [0.25, 0.3) is 5.91 Å². The molecule has 2 aromatic heterocycles. The summed E-state index contributed by atoms with van der Waals surface area (Å²) in [5.74, 6) is 0.257. The molecule has 1 aliphatic rings. The first-order chi connectivity index (χ1) is 13.5. The molecule has 1 fully saturated rings. The van der Waals surface area contributed by atoms with Crippen molar-refractivity contribution < 1.29 is 14.3 Å². The highest BCUT2D eigenvalue weighted by atomic mass is 16.5. The molecule has 28 heavy (non-hydrogen) atoms. The van der Waals surface area contributed by atoms with Crippen molar-refractivity contribution in [2.45, 2.75) is 19.3 Å². The molecule has 1 saturated heterocycles. The number of ether oxygens (including phenoxy) is 1. The Labute approximate surface area is 163 Å². The number of methoxy groups -OCH3 is 1. The van der Waals surface area contributed by atoms with Crippen molar-refractivity contribution in [3.8, 4) is 0 Å². The number of likely N-dealkylation sites (tertiary alicyclic amines) is 1. The second-order valence-corrected chi connectivity index (χ2v) is 7.41. The smallest absolute Gasteiger partial charge is 0.309 e. The molecule has 0 bridgehead atoms. The van der Waals surface area contributed by atoms with E-state index in [9.17, 15) is 9.59 Å². The zero-order chi connectivity index (χ0) is 19.7. The summed E-state index contributed by atoms with van der Waals surface area (Å²) >= 11 is 0. The lowest BCUT2D eigenvalue weighted by atomic mass is 9.97. The fourth-order valence-electron chi connectivity index (χ4n) is 3.92. The molecule has 1 aromatic carbocycles. The zero-order valence-electron chi connectivity index (χ0n) is 16.2. The lowest BCUT2D eigenvalue weighted by molar-refractivity contribution is -0.139. The van der Waals surface area contributed by atoms with Crippen molar-refractivity contribution in [3.05, 3.63) is 59.5 Å². The molecule has 0 aliphatic carbocycles. The summed E-state index contributed by atoms with van der Waals surface area (Å²) in [6.45, 7) is 1.52. The summed E-state index contributed by atoms with van der Waals surface area (Å²) in [6.07, 6.45) is 7.62. The second kappa shape index (κ2) is 7.50. The molecular weight excluding hydrogens is 356 g/mol. The summed E-state index contributed by atoms with van der Waals surface area (Å²) in [5.41, 5.74) is 3.66. The van der Waals surface area contributed by atoms with E-state index in [0.29, 0.717) is 17.9 Å². The van der Waals surface area contributed by atoms with Crippen molar-refractivity contribution in [2.24, 2.45) is 13.0 Å². The van der Waals surface area contributed by atoms with Crippen LogP contribution in [0.2, 0.25) is 0 Å². The minimum Gasteiger partial charge on any atom is -0.469 e. The molecule has 0 saturated carbocycles. The Morgan fingerprint density at radius 3 is 2.68 bits per heavy atom. The summed E-state index contributed by atoms with van der Waals surface area (Å²) in [5, 5.41) is 4.27. The van der Waals surface area contributed by atoms with Gasteiger partial charge in [-0.1, -0.05) is 24.3 Å². The van der Waals surface area contributed by atoms with E-state index >= 15 is 0 Å². The van der Waals surface area contributed by atoms with E-state index in [1.165, 1.54) is 12.7 Å². The molecule has 7 heteroatoms. The average Bonchev–Trinajstić information content (AvgIpc) is 3.41. The van der Waals surface area contributed by atoms with Crippen LogP contribution in [0.4, 0.5) is 0 Å². The number of carbonyl (C=O) groups excluding carboxylic acids is 2. The van der Waals surface area contributed by atoms with Crippen molar-refractivity contribution in [2.75, 3.05) is 20.2 Å². The van der Waals surface area contributed by atoms with Gasteiger partial charge >= 0.3 is 5.97 Å². The van der Waals surface area contributed by atoms with Crippen molar-refractivity contribution in [3.63, 3.8) is 0 Å². The summed E-state index contributed by atoms with van der Waals surface area (Å²) in [4.78, 5) is 26.3. The molecule has 0 spiro atoms. The standard InChI is InChI=1S/C21H24N4O3/c1-23-9-10-25-20(23)18(13-22-25)21(27)24-8-7-17(14-24)11-15-3-5-16(6-4-15)12-19(26)28-2/h3-6,9-10,13,17H,7-8,11-12,14H2,1-2H3. The van der Waals surface area contributed by atoms with Gasteiger partial charge in [0.05, 0.1) is 19.7 Å². The maximum atomic E-state index is 13.0. The number of hydrogen-bond donors (Lipinski definition) is 0. The monoisotopic (exact) mass is 380 g/mol. The molecule has 1 aliphatic heterocycles. The lowest BCUT2D eigenvalue weighted by Crippen LogP contribution is -2.29. The van der Waals surface area contributed by atoms with Gasteiger partial charge in [-0.2, -0.15) is 5.10 Å². The normalized spacial score (nSPS) is 16.6. The van der Waals surface area contributed by atoms with E-state index < -0.39 is 0 Å². The van der Waals surface area contributed by atoms with Crippen LogP contribution >= 0.6 is 0 Å². The maximum absolute atomic E-state index is 13.0. The highest BCUT2D eigenvalue weighted by Crippen LogP contribution is 2.24. The Morgan fingerprint density at radius 1 is 1.18 bits per heavy atom. The maximum Gasteiger partial charge on any atom is 0.309 e. The molecule has 3 aromatic rings. The van der Waals surface area contributed by atoms with Crippen LogP contribution in [0.25, 0.3) is 5.65 Å². The van der Waals surface area contributed by atoms with Gasteiger partial charge in [0.1, 0.15) is 11.2 Å². The third kappa shape index (κ3) is 3.52. The number of rotatable bonds is 5. The van der Waals surface area contributed by atoms with Crippen LogP contribution < -0.4 is 0 Å². The topological polar surface area (TPSA) is 68.8 Å². The molecule has 4 rings (SSSR count). The largest absolute Gasteiger partial charge is 0.469 e. The number of aromatic nitrogens is 3. The van der Waals surface area contributed by atoms with Gasteiger partial charge in [-0.15, -0.1) is 0 Å². The second-order valence-electron chi connectivity index (χ2n) is 7.41. The number of fused-ring (bicyclic) bond motifs is 1. The molecular formula is C21H24N4O3. The van der Waals surface area contributed by atoms with Crippen molar-refractivity contribution in [1.29, 1.82) is 0 Å². The Bertz CT molecular complexity index is 1000. The van der Waals surface area contributed by atoms with Crippen molar-refractivity contribution in [1.82, 2.24) is 19.1 Å². The number of imidazole rings is 1. The quantitative estimate of drug-likeness (QED) is 0.636. The molecule has 3 heterocycles. The van der Waals surface area contributed by atoms with Crippen LogP contribution in [0, 0.1) is 5.92 Å². The SMILES string of the molecule is COC(=O)Cc1ccc(CC2CCN(C(=O)c3cnn4ccn(C)c34)C2)cc1. The highest BCUT2D eigenvalue weighted by Gasteiger charge is 2.29. The fourth-order valence-corrected chi connectivity index (χ4v) is 3.92. The van der Waals surface area contributed by atoms with E-state index in [1.54, 1.807) is 10.7 Å². The minimum absolute atomic E-state index is 0.0488. The fraction of sp³-hybridized carbons (Fsp3) is 0.381.